The van der Waals surface area contributed by atoms with E-state index < -0.39 is 5.97 Å². The molecule has 1 aromatic heterocycles. The van der Waals surface area contributed by atoms with Crippen molar-refractivity contribution in [3.63, 3.8) is 0 Å². The number of fused-ring (bicyclic) bond motifs is 6. The summed E-state index contributed by atoms with van der Waals surface area (Å²) in [6.07, 6.45) is 2.35. The lowest BCUT2D eigenvalue weighted by atomic mass is 9.81. The van der Waals surface area contributed by atoms with E-state index in [2.05, 4.69) is 128 Å². The highest BCUT2D eigenvalue weighted by Gasteiger charge is 2.39. The molecule has 0 aliphatic heterocycles. The van der Waals surface area contributed by atoms with Gasteiger partial charge in [0.05, 0.1) is 0 Å². The van der Waals surface area contributed by atoms with Crippen LogP contribution in [0.3, 0.4) is 0 Å². The number of nitriles is 1. The van der Waals surface area contributed by atoms with Crippen LogP contribution in [0.4, 0.5) is 17.1 Å². The van der Waals surface area contributed by atoms with Gasteiger partial charge in [-0.1, -0.05) is 80.6 Å². The van der Waals surface area contributed by atoms with Crippen molar-refractivity contribution in [1.82, 2.24) is 0 Å². The third kappa shape index (κ3) is 4.77. The van der Waals surface area contributed by atoms with Crippen LogP contribution in [0.1, 0.15) is 41.0 Å². The molecule has 5 heteroatoms. The smallest absolute Gasteiger partial charge is 0.346 e. The number of hydrogen-bond acceptors (Lipinski definition) is 4. The van der Waals surface area contributed by atoms with E-state index in [0.29, 0.717) is 0 Å². The number of aliphatic carboxylic acids is 1. The Balaban J connectivity index is 1.11. The standard InChI is InChI=1S/C42H30N2O2S/c1-42(2)38-24-36-29(22-37(38)40-39(42)23-34(47-40)21-30(25-43)41(45)46)20-28-19-27(15-18-35(28)36)26-13-16-33(17-14-26)44(31-9-5-3-6-10-31)32-11-7-4-8-12-32/h3-19,21-24H,20H2,1-2H3,(H,45,46)/b30-21+. The zero-order chi connectivity index (χ0) is 32.3. The van der Waals surface area contributed by atoms with Gasteiger partial charge in [0.1, 0.15) is 11.6 Å². The maximum atomic E-state index is 11.4. The van der Waals surface area contributed by atoms with Crippen LogP contribution in [0.2, 0.25) is 0 Å². The van der Waals surface area contributed by atoms with Crippen molar-refractivity contribution in [3.8, 4) is 38.8 Å². The number of thiophene rings is 1. The van der Waals surface area contributed by atoms with Crippen molar-refractivity contribution in [2.45, 2.75) is 25.7 Å². The summed E-state index contributed by atoms with van der Waals surface area (Å²) in [5, 5.41) is 18.6. The second kappa shape index (κ2) is 11.0. The molecule has 1 N–H and O–H groups in total. The Kier molecular flexibility index (Phi) is 6.72. The van der Waals surface area contributed by atoms with E-state index in [1.165, 1.54) is 61.0 Å². The second-order valence-corrected chi connectivity index (χ2v) is 13.7. The Morgan fingerprint density at radius 2 is 1.36 bits per heavy atom. The maximum absolute atomic E-state index is 11.4. The van der Waals surface area contributed by atoms with Gasteiger partial charge in [0, 0.05) is 32.2 Å². The normalized spacial score (nSPS) is 13.7. The van der Waals surface area contributed by atoms with E-state index in [1.54, 1.807) is 17.4 Å². The van der Waals surface area contributed by atoms with Gasteiger partial charge >= 0.3 is 5.97 Å². The molecular formula is C42H30N2O2S. The minimum atomic E-state index is -1.20. The Hall–Kier alpha value is -5.70. The lowest BCUT2D eigenvalue weighted by Crippen LogP contribution is -2.14. The molecule has 2 aliphatic carbocycles. The SMILES string of the molecule is CC1(C)c2cc3c(cc2-c2sc(/C=C(\C#N)C(=O)O)cc21)Cc1cc(-c2ccc(N(c4ccccc4)c4ccccc4)cc2)ccc1-3. The highest BCUT2D eigenvalue weighted by atomic mass is 32.1. The van der Waals surface area contributed by atoms with Gasteiger partial charge < -0.3 is 10.0 Å². The predicted molar refractivity (Wildman–Crippen MR) is 191 cm³/mol. The molecule has 5 aromatic carbocycles. The Labute approximate surface area is 278 Å². The molecule has 0 unspecified atom stereocenters. The average molecular weight is 627 g/mol. The van der Waals surface area contributed by atoms with Gasteiger partial charge in [-0.3, -0.25) is 0 Å². The number of benzene rings is 5. The summed E-state index contributed by atoms with van der Waals surface area (Å²) in [5.41, 5.74) is 14.2. The second-order valence-electron chi connectivity index (χ2n) is 12.6. The molecule has 6 aromatic rings. The fourth-order valence-electron chi connectivity index (χ4n) is 7.11. The summed E-state index contributed by atoms with van der Waals surface area (Å²) in [5.74, 6) is -1.20. The Morgan fingerprint density at radius 1 is 0.745 bits per heavy atom. The minimum Gasteiger partial charge on any atom is -0.477 e. The van der Waals surface area contributed by atoms with Gasteiger partial charge in [-0.25, -0.2) is 4.79 Å². The number of carbonyl (C=O) groups is 1. The fraction of sp³-hybridized carbons (Fsp3) is 0.0952. The monoisotopic (exact) mass is 626 g/mol. The largest absolute Gasteiger partial charge is 0.477 e. The lowest BCUT2D eigenvalue weighted by molar-refractivity contribution is -0.132. The van der Waals surface area contributed by atoms with Crippen molar-refractivity contribution in [2.75, 3.05) is 4.90 Å². The molecule has 0 saturated heterocycles. The number of para-hydroxylation sites is 2. The summed E-state index contributed by atoms with van der Waals surface area (Å²) in [6.45, 7) is 4.46. The van der Waals surface area contributed by atoms with E-state index >= 15 is 0 Å². The summed E-state index contributed by atoms with van der Waals surface area (Å²) in [4.78, 5) is 15.7. The number of nitrogens with zero attached hydrogens (tertiary/aromatic N) is 2. The van der Waals surface area contributed by atoms with Gasteiger partial charge in [-0.2, -0.15) is 5.26 Å². The van der Waals surface area contributed by atoms with Crippen LogP contribution in [0.15, 0.2) is 127 Å². The van der Waals surface area contributed by atoms with Crippen molar-refractivity contribution in [3.05, 3.63) is 154 Å². The van der Waals surface area contributed by atoms with Crippen LogP contribution in [0, 0.1) is 11.3 Å². The first kappa shape index (κ1) is 28.8. The molecule has 0 atom stereocenters. The summed E-state index contributed by atoms with van der Waals surface area (Å²) in [7, 11) is 0. The van der Waals surface area contributed by atoms with Crippen molar-refractivity contribution in [2.24, 2.45) is 0 Å². The number of anilines is 3. The third-order valence-electron chi connectivity index (χ3n) is 9.49. The third-order valence-corrected chi connectivity index (χ3v) is 10.6. The van der Waals surface area contributed by atoms with Gasteiger partial charge in [-0.05, 0) is 117 Å². The first-order chi connectivity index (χ1) is 22.8. The van der Waals surface area contributed by atoms with Crippen LogP contribution in [0.25, 0.3) is 38.8 Å². The van der Waals surface area contributed by atoms with Crippen LogP contribution in [0.5, 0.6) is 0 Å². The predicted octanol–water partition coefficient (Wildman–Crippen LogP) is 10.8. The number of carboxylic acids is 1. The van der Waals surface area contributed by atoms with E-state index in [1.807, 2.05) is 12.1 Å². The lowest BCUT2D eigenvalue weighted by Gasteiger charge is -2.25. The van der Waals surface area contributed by atoms with Crippen LogP contribution < -0.4 is 4.90 Å². The molecule has 0 radical (unpaired) electrons. The molecule has 0 bridgehead atoms. The topological polar surface area (TPSA) is 64.3 Å². The van der Waals surface area contributed by atoms with Gasteiger partial charge in [0.25, 0.3) is 0 Å². The molecule has 1 heterocycles. The minimum absolute atomic E-state index is 0.226. The number of hydrogen-bond donors (Lipinski definition) is 1. The molecule has 0 spiro atoms. The Morgan fingerprint density at radius 3 is 2.00 bits per heavy atom. The Bertz CT molecular complexity index is 2230. The van der Waals surface area contributed by atoms with Crippen molar-refractivity contribution < 1.29 is 9.90 Å². The summed E-state index contributed by atoms with van der Waals surface area (Å²) < 4.78 is 0. The zero-order valence-corrected chi connectivity index (χ0v) is 26.8. The van der Waals surface area contributed by atoms with E-state index in [0.717, 1.165) is 28.4 Å². The highest BCUT2D eigenvalue weighted by molar-refractivity contribution is 7.16. The van der Waals surface area contributed by atoms with Gasteiger partial charge in [0.15, 0.2) is 0 Å². The maximum Gasteiger partial charge on any atom is 0.346 e. The van der Waals surface area contributed by atoms with E-state index in [9.17, 15) is 15.2 Å². The van der Waals surface area contributed by atoms with E-state index in [-0.39, 0.29) is 11.0 Å². The average Bonchev–Trinajstić information content (AvgIpc) is 3.74. The molecule has 4 nitrogen and oxygen atoms in total. The van der Waals surface area contributed by atoms with Crippen molar-refractivity contribution >= 4 is 40.4 Å². The number of carboxylic acid groups (broad SMARTS) is 1. The molecule has 2 aliphatic rings. The quantitative estimate of drug-likeness (QED) is 0.147. The number of rotatable bonds is 6. The van der Waals surface area contributed by atoms with Gasteiger partial charge in [0.2, 0.25) is 0 Å². The molecule has 0 saturated carbocycles. The van der Waals surface area contributed by atoms with Crippen molar-refractivity contribution in [1.29, 1.82) is 5.26 Å². The van der Waals surface area contributed by atoms with Crippen LogP contribution >= 0.6 is 11.3 Å². The van der Waals surface area contributed by atoms with Crippen LogP contribution in [-0.2, 0) is 16.6 Å². The first-order valence-electron chi connectivity index (χ1n) is 15.6. The molecular weight excluding hydrogens is 597 g/mol. The molecule has 0 amide bonds. The molecule has 8 rings (SSSR count). The first-order valence-corrected chi connectivity index (χ1v) is 16.4. The molecule has 47 heavy (non-hydrogen) atoms. The highest BCUT2D eigenvalue weighted by Crippen LogP contribution is 2.55. The summed E-state index contributed by atoms with van der Waals surface area (Å²) in [6, 6.07) is 45.1. The van der Waals surface area contributed by atoms with Crippen LogP contribution in [-0.4, -0.2) is 11.1 Å². The molecule has 226 valence electrons. The molecule has 0 fully saturated rings. The van der Waals surface area contributed by atoms with E-state index in [4.69, 9.17) is 0 Å². The van der Waals surface area contributed by atoms with Gasteiger partial charge in [-0.15, -0.1) is 11.3 Å². The summed E-state index contributed by atoms with van der Waals surface area (Å²) >= 11 is 1.56. The zero-order valence-electron chi connectivity index (χ0n) is 26.0. The fourth-order valence-corrected chi connectivity index (χ4v) is 8.41.